The maximum absolute atomic E-state index is 6.50. The van der Waals surface area contributed by atoms with Crippen LogP contribution in [-0.2, 0) is 5.54 Å². The molecular formula is C12H16N4S. The molecule has 0 unspecified atom stereocenters. The summed E-state index contributed by atoms with van der Waals surface area (Å²) in [7, 11) is 0. The van der Waals surface area contributed by atoms with Gasteiger partial charge in [-0.3, -0.25) is 0 Å². The number of hydrogen-bond acceptors (Lipinski definition) is 5. The highest BCUT2D eigenvalue weighted by molar-refractivity contribution is 7.18. The molecule has 1 aliphatic rings. The van der Waals surface area contributed by atoms with E-state index in [-0.39, 0.29) is 5.54 Å². The molecule has 2 aromatic rings. The summed E-state index contributed by atoms with van der Waals surface area (Å²) >= 11 is 1.59. The van der Waals surface area contributed by atoms with Crippen molar-refractivity contribution in [1.82, 2.24) is 15.0 Å². The molecule has 1 fully saturated rings. The number of fused-ring (bicyclic) bond motifs is 1. The lowest BCUT2D eigenvalue weighted by atomic mass is 9.78. The normalized spacial score (nSPS) is 29.6. The van der Waals surface area contributed by atoms with Crippen molar-refractivity contribution >= 4 is 21.8 Å². The number of nitrogens with zero attached hydrogens (tertiary/aromatic N) is 3. The molecule has 0 bridgehead atoms. The summed E-state index contributed by atoms with van der Waals surface area (Å²) in [5, 5.41) is 1.01. The minimum atomic E-state index is -0.250. The monoisotopic (exact) mass is 248 g/mol. The minimum Gasteiger partial charge on any atom is -0.319 e. The Hall–Kier alpha value is -1.07. The predicted octanol–water partition coefficient (Wildman–Crippen LogP) is 2.45. The lowest BCUT2D eigenvalue weighted by Gasteiger charge is -2.34. The fourth-order valence-corrected chi connectivity index (χ4v) is 3.41. The van der Waals surface area contributed by atoms with Crippen LogP contribution in [0.25, 0.3) is 10.5 Å². The van der Waals surface area contributed by atoms with Crippen molar-refractivity contribution in [2.45, 2.75) is 38.1 Å². The molecule has 0 spiro atoms. The fourth-order valence-electron chi connectivity index (χ4n) is 2.38. The van der Waals surface area contributed by atoms with Crippen molar-refractivity contribution in [3.63, 3.8) is 0 Å². The summed E-state index contributed by atoms with van der Waals surface area (Å²) in [5.41, 5.74) is 6.98. The minimum absolute atomic E-state index is 0.250. The van der Waals surface area contributed by atoms with E-state index in [0.717, 1.165) is 34.2 Å². The summed E-state index contributed by atoms with van der Waals surface area (Å²) in [6.45, 7) is 2.29. The molecule has 0 aromatic carbocycles. The van der Waals surface area contributed by atoms with Gasteiger partial charge in [0.05, 0.1) is 5.54 Å². The van der Waals surface area contributed by atoms with E-state index in [2.05, 4.69) is 21.9 Å². The van der Waals surface area contributed by atoms with Gasteiger partial charge in [-0.05, 0) is 31.6 Å². The van der Waals surface area contributed by atoms with Gasteiger partial charge in [-0.15, -0.1) is 0 Å². The van der Waals surface area contributed by atoms with E-state index in [1.807, 2.05) is 0 Å². The van der Waals surface area contributed by atoms with Crippen LogP contribution in [0.1, 0.15) is 37.6 Å². The highest BCUT2D eigenvalue weighted by Crippen LogP contribution is 2.39. The zero-order valence-corrected chi connectivity index (χ0v) is 10.7. The Morgan fingerprint density at radius 3 is 2.71 bits per heavy atom. The summed E-state index contributed by atoms with van der Waals surface area (Å²) in [6, 6.07) is 0. The van der Waals surface area contributed by atoms with Gasteiger partial charge >= 0.3 is 0 Å². The molecule has 0 radical (unpaired) electrons. The van der Waals surface area contributed by atoms with Crippen LogP contribution in [0.3, 0.4) is 0 Å². The molecule has 2 N–H and O–H groups in total. The van der Waals surface area contributed by atoms with Gasteiger partial charge in [0.25, 0.3) is 0 Å². The van der Waals surface area contributed by atoms with Gasteiger partial charge in [0.15, 0.2) is 10.5 Å². The van der Waals surface area contributed by atoms with Gasteiger partial charge in [0.2, 0.25) is 0 Å². The fraction of sp³-hybridized carbons (Fsp3) is 0.583. The molecule has 0 saturated heterocycles. The van der Waals surface area contributed by atoms with Gasteiger partial charge in [-0.1, -0.05) is 18.3 Å². The summed E-state index contributed by atoms with van der Waals surface area (Å²) in [5.74, 6) is 0.789. The summed E-state index contributed by atoms with van der Waals surface area (Å²) in [6.07, 6.45) is 7.80. The molecule has 17 heavy (non-hydrogen) atoms. The first kappa shape index (κ1) is 11.0. The Labute approximate surface area is 104 Å². The third-order valence-corrected chi connectivity index (χ3v) is 4.81. The average molecular weight is 248 g/mol. The number of aromatic nitrogens is 3. The number of nitrogens with two attached hydrogens (primary N) is 1. The molecular weight excluding hydrogens is 232 g/mol. The van der Waals surface area contributed by atoms with Crippen molar-refractivity contribution in [3.8, 4) is 0 Å². The quantitative estimate of drug-likeness (QED) is 0.842. The van der Waals surface area contributed by atoms with Crippen molar-refractivity contribution in [1.29, 1.82) is 0 Å². The number of hydrogen-bond donors (Lipinski definition) is 1. The zero-order valence-electron chi connectivity index (χ0n) is 9.89. The lowest BCUT2D eigenvalue weighted by Crippen LogP contribution is -2.40. The van der Waals surface area contributed by atoms with Crippen molar-refractivity contribution < 1.29 is 0 Å². The van der Waals surface area contributed by atoms with Crippen molar-refractivity contribution in [2.24, 2.45) is 11.7 Å². The summed E-state index contributed by atoms with van der Waals surface area (Å²) in [4.78, 5) is 14.0. The maximum Gasteiger partial charge on any atom is 0.189 e. The second kappa shape index (κ2) is 3.99. The molecule has 0 atom stereocenters. The van der Waals surface area contributed by atoms with E-state index in [1.54, 1.807) is 23.7 Å². The van der Waals surface area contributed by atoms with Gasteiger partial charge in [0, 0.05) is 12.4 Å². The highest BCUT2D eigenvalue weighted by Gasteiger charge is 2.35. The van der Waals surface area contributed by atoms with Crippen LogP contribution in [0.2, 0.25) is 0 Å². The molecule has 0 aliphatic heterocycles. The van der Waals surface area contributed by atoms with E-state index in [0.29, 0.717) is 0 Å². The van der Waals surface area contributed by atoms with E-state index < -0.39 is 0 Å². The SMILES string of the molecule is CC1CCC(N)(c2nc3nccnc3s2)CC1. The molecule has 3 rings (SSSR count). The van der Waals surface area contributed by atoms with E-state index >= 15 is 0 Å². The van der Waals surface area contributed by atoms with Gasteiger partial charge in [0.1, 0.15) is 5.01 Å². The Bertz CT molecular complexity index is 495. The Morgan fingerprint density at radius 1 is 1.29 bits per heavy atom. The Balaban J connectivity index is 1.97. The van der Waals surface area contributed by atoms with Crippen LogP contribution in [0.15, 0.2) is 12.4 Å². The van der Waals surface area contributed by atoms with Crippen LogP contribution in [0.5, 0.6) is 0 Å². The first-order valence-electron chi connectivity index (χ1n) is 6.04. The predicted molar refractivity (Wildman–Crippen MR) is 68.7 cm³/mol. The zero-order chi connectivity index (χ0) is 11.9. The Morgan fingerprint density at radius 2 is 2.00 bits per heavy atom. The van der Waals surface area contributed by atoms with Crippen LogP contribution < -0.4 is 5.73 Å². The van der Waals surface area contributed by atoms with Crippen molar-refractivity contribution in [2.75, 3.05) is 0 Å². The van der Waals surface area contributed by atoms with Gasteiger partial charge < -0.3 is 5.73 Å². The van der Waals surface area contributed by atoms with Gasteiger partial charge in [-0.2, -0.15) is 0 Å². The third-order valence-electron chi connectivity index (χ3n) is 3.64. The van der Waals surface area contributed by atoms with E-state index in [9.17, 15) is 0 Å². The second-order valence-electron chi connectivity index (χ2n) is 5.04. The van der Waals surface area contributed by atoms with Crippen molar-refractivity contribution in [3.05, 3.63) is 17.4 Å². The molecule has 5 heteroatoms. The Kier molecular flexibility index (Phi) is 2.60. The standard InChI is InChI=1S/C12H16N4S/c1-8-2-4-12(13,5-3-8)11-16-9-10(17-11)15-7-6-14-9/h6-8H,2-5,13H2,1H3. The largest absolute Gasteiger partial charge is 0.319 e. The molecule has 90 valence electrons. The topological polar surface area (TPSA) is 64.7 Å². The molecule has 0 amide bonds. The maximum atomic E-state index is 6.50. The summed E-state index contributed by atoms with van der Waals surface area (Å²) < 4.78 is 0. The molecule has 2 aromatic heterocycles. The number of thiazole rings is 1. The van der Waals surface area contributed by atoms with Gasteiger partial charge in [-0.25, -0.2) is 15.0 Å². The van der Waals surface area contributed by atoms with Crippen LogP contribution in [0, 0.1) is 5.92 Å². The van der Waals surface area contributed by atoms with Crippen LogP contribution >= 0.6 is 11.3 Å². The molecule has 4 nitrogen and oxygen atoms in total. The first-order chi connectivity index (χ1) is 8.17. The van der Waals surface area contributed by atoms with E-state index in [4.69, 9.17) is 5.73 Å². The third kappa shape index (κ3) is 1.93. The molecule has 1 aliphatic carbocycles. The smallest absolute Gasteiger partial charge is 0.189 e. The first-order valence-corrected chi connectivity index (χ1v) is 6.86. The lowest BCUT2D eigenvalue weighted by molar-refractivity contribution is 0.247. The van der Waals surface area contributed by atoms with E-state index in [1.165, 1.54) is 12.8 Å². The van der Waals surface area contributed by atoms with Crippen LogP contribution in [-0.4, -0.2) is 15.0 Å². The number of rotatable bonds is 1. The van der Waals surface area contributed by atoms with Crippen LogP contribution in [0.4, 0.5) is 0 Å². The molecule has 2 heterocycles. The molecule has 1 saturated carbocycles. The second-order valence-corrected chi connectivity index (χ2v) is 6.02. The highest BCUT2D eigenvalue weighted by atomic mass is 32.1. The average Bonchev–Trinajstić information content (AvgIpc) is 2.77.